The maximum Gasteiger partial charge on any atom is 0.194 e. The molecule has 0 saturated carbocycles. The number of pyridine rings is 1. The molecule has 0 atom stereocenters. The summed E-state index contributed by atoms with van der Waals surface area (Å²) >= 11 is 0. The highest BCUT2D eigenvalue weighted by Crippen LogP contribution is 2.21. The Morgan fingerprint density at radius 3 is 2.91 bits per heavy atom. The van der Waals surface area contributed by atoms with Crippen LogP contribution in [0.25, 0.3) is 0 Å². The lowest BCUT2D eigenvalue weighted by Gasteiger charge is -2.08. The molecule has 0 bridgehead atoms. The Morgan fingerprint density at radius 1 is 1.45 bits per heavy atom. The van der Waals surface area contributed by atoms with E-state index in [4.69, 9.17) is 15.7 Å². The third-order valence-corrected chi connectivity index (χ3v) is 2.85. The third-order valence-electron chi connectivity index (χ3n) is 2.85. The van der Waals surface area contributed by atoms with E-state index in [0.29, 0.717) is 22.7 Å². The van der Waals surface area contributed by atoms with Gasteiger partial charge in [-0.25, -0.2) is 14.4 Å². The zero-order valence-corrected chi connectivity index (χ0v) is 11.9. The number of halogens is 1. The Morgan fingerprint density at radius 2 is 2.27 bits per heavy atom. The molecular weight excluding hydrogens is 285 g/mol. The fourth-order valence-electron chi connectivity index (χ4n) is 1.75. The first kappa shape index (κ1) is 15.3. The molecule has 1 aromatic carbocycles. The van der Waals surface area contributed by atoms with Gasteiger partial charge in [-0.15, -0.1) is 0 Å². The van der Waals surface area contributed by atoms with Crippen molar-refractivity contribution in [3.8, 4) is 11.8 Å². The molecule has 0 unspecified atom stereocenters. The number of methoxy groups -OCH3 is 1. The highest BCUT2D eigenvalue weighted by molar-refractivity contribution is 5.91. The lowest BCUT2D eigenvalue weighted by molar-refractivity contribution is 0.405. The Hall–Kier alpha value is -3.14. The average molecular weight is 299 g/mol. The van der Waals surface area contributed by atoms with Gasteiger partial charge in [0.25, 0.3) is 0 Å². The predicted octanol–water partition coefficient (Wildman–Crippen LogP) is 2.03. The van der Waals surface area contributed by atoms with E-state index in [-0.39, 0.29) is 12.5 Å². The fraction of sp³-hybridized carbons (Fsp3) is 0.133. The van der Waals surface area contributed by atoms with Crippen molar-refractivity contribution in [2.75, 3.05) is 12.4 Å². The largest absolute Gasteiger partial charge is 0.496 e. The van der Waals surface area contributed by atoms with Crippen LogP contribution in [0, 0.1) is 17.1 Å². The molecular formula is C15H14FN5O. The summed E-state index contributed by atoms with van der Waals surface area (Å²) in [6.45, 7) is 0.0327. The molecule has 0 radical (unpaired) electrons. The van der Waals surface area contributed by atoms with E-state index < -0.39 is 5.82 Å². The topological polar surface area (TPSA) is 96.3 Å². The standard InChI is InChI=1S/C15H14FN5O/c1-22-13-4-2-3-12(16)11(13)9-20-15(18)21-14-6-5-10(7-17)8-19-14/h2-6,8H,9H2,1H3,(H3,18,19,20,21). The van der Waals surface area contributed by atoms with Crippen LogP contribution in [0.1, 0.15) is 11.1 Å². The van der Waals surface area contributed by atoms with E-state index in [9.17, 15) is 4.39 Å². The van der Waals surface area contributed by atoms with Crippen molar-refractivity contribution in [3.63, 3.8) is 0 Å². The third kappa shape index (κ3) is 3.70. The molecule has 0 aliphatic heterocycles. The van der Waals surface area contributed by atoms with Crippen LogP contribution in [0.2, 0.25) is 0 Å². The van der Waals surface area contributed by atoms with Crippen molar-refractivity contribution >= 4 is 11.8 Å². The average Bonchev–Trinajstić information content (AvgIpc) is 2.54. The predicted molar refractivity (Wildman–Crippen MR) is 80.9 cm³/mol. The molecule has 0 aliphatic rings. The zero-order chi connectivity index (χ0) is 15.9. The summed E-state index contributed by atoms with van der Waals surface area (Å²) in [5.74, 6) is 0.531. The summed E-state index contributed by atoms with van der Waals surface area (Å²) in [4.78, 5) is 8.06. The molecule has 2 rings (SSSR count). The van der Waals surface area contributed by atoms with Gasteiger partial charge in [-0.2, -0.15) is 5.26 Å². The van der Waals surface area contributed by atoms with Gasteiger partial charge in [-0.05, 0) is 24.3 Å². The van der Waals surface area contributed by atoms with Gasteiger partial charge in [-0.3, -0.25) is 0 Å². The van der Waals surface area contributed by atoms with Crippen molar-refractivity contribution < 1.29 is 9.13 Å². The summed E-state index contributed by atoms with van der Waals surface area (Å²) in [6, 6.07) is 9.71. The Bertz CT molecular complexity index is 722. The number of anilines is 1. The molecule has 0 fully saturated rings. The van der Waals surface area contributed by atoms with Gasteiger partial charge in [0.15, 0.2) is 5.96 Å². The first-order chi connectivity index (χ1) is 10.6. The maximum absolute atomic E-state index is 13.7. The zero-order valence-electron chi connectivity index (χ0n) is 11.9. The van der Waals surface area contributed by atoms with Gasteiger partial charge in [-0.1, -0.05) is 6.07 Å². The molecule has 7 heteroatoms. The van der Waals surface area contributed by atoms with Gasteiger partial charge >= 0.3 is 0 Å². The van der Waals surface area contributed by atoms with Crippen molar-refractivity contribution in [1.29, 1.82) is 5.26 Å². The number of nitriles is 1. The van der Waals surface area contributed by atoms with Crippen molar-refractivity contribution in [2.24, 2.45) is 10.7 Å². The highest BCUT2D eigenvalue weighted by Gasteiger charge is 2.08. The van der Waals surface area contributed by atoms with Gasteiger partial charge in [0.2, 0.25) is 0 Å². The normalized spacial score (nSPS) is 10.9. The molecule has 112 valence electrons. The van der Waals surface area contributed by atoms with E-state index in [1.807, 2.05) is 6.07 Å². The summed E-state index contributed by atoms with van der Waals surface area (Å²) in [5.41, 5.74) is 6.50. The van der Waals surface area contributed by atoms with Gasteiger partial charge in [0, 0.05) is 6.20 Å². The van der Waals surface area contributed by atoms with E-state index in [1.165, 1.54) is 19.4 Å². The number of hydrogen-bond acceptors (Lipinski definition) is 4. The van der Waals surface area contributed by atoms with E-state index >= 15 is 0 Å². The number of nitrogens with one attached hydrogen (secondary N) is 1. The summed E-state index contributed by atoms with van der Waals surface area (Å²) in [5, 5.41) is 11.5. The molecule has 0 spiro atoms. The first-order valence-electron chi connectivity index (χ1n) is 6.38. The van der Waals surface area contributed by atoms with Crippen LogP contribution in [-0.4, -0.2) is 18.1 Å². The van der Waals surface area contributed by atoms with Crippen LogP contribution >= 0.6 is 0 Å². The molecule has 6 nitrogen and oxygen atoms in total. The second-order valence-electron chi connectivity index (χ2n) is 4.29. The number of hydrogen-bond donors (Lipinski definition) is 2. The van der Waals surface area contributed by atoms with Crippen LogP contribution in [0.15, 0.2) is 41.5 Å². The smallest absolute Gasteiger partial charge is 0.194 e. The van der Waals surface area contributed by atoms with Crippen LogP contribution < -0.4 is 15.8 Å². The van der Waals surface area contributed by atoms with Crippen LogP contribution in [0.5, 0.6) is 5.75 Å². The first-order valence-corrected chi connectivity index (χ1v) is 6.38. The molecule has 3 N–H and O–H groups in total. The molecule has 0 amide bonds. The van der Waals surface area contributed by atoms with Crippen LogP contribution in [0.4, 0.5) is 10.2 Å². The number of nitrogens with zero attached hydrogens (tertiary/aromatic N) is 3. The lowest BCUT2D eigenvalue weighted by atomic mass is 10.2. The molecule has 0 aliphatic carbocycles. The SMILES string of the molecule is COc1cccc(F)c1CN=C(N)Nc1ccc(C#N)cn1. The van der Waals surface area contributed by atoms with Crippen LogP contribution in [-0.2, 0) is 6.54 Å². The second kappa shape index (κ2) is 7.04. The minimum Gasteiger partial charge on any atom is -0.496 e. The number of benzene rings is 1. The monoisotopic (exact) mass is 299 g/mol. The Kier molecular flexibility index (Phi) is 4.88. The number of aromatic nitrogens is 1. The summed E-state index contributed by atoms with van der Waals surface area (Å²) in [6.07, 6.45) is 1.41. The minimum atomic E-state index is -0.410. The quantitative estimate of drug-likeness (QED) is 0.665. The Labute approximate surface area is 127 Å². The summed E-state index contributed by atoms with van der Waals surface area (Å²) in [7, 11) is 1.46. The fourth-order valence-corrected chi connectivity index (χ4v) is 1.75. The van der Waals surface area contributed by atoms with Gasteiger partial charge < -0.3 is 15.8 Å². The number of rotatable bonds is 4. The van der Waals surface area contributed by atoms with Crippen molar-refractivity contribution in [1.82, 2.24) is 4.98 Å². The molecule has 0 saturated heterocycles. The molecule has 1 aromatic heterocycles. The number of ether oxygens (including phenoxy) is 1. The van der Waals surface area contributed by atoms with Gasteiger partial charge in [0.05, 0.1) is 24.8 Å². The van der Waals surface area contributed by atoms with E-state index in [2.05, 4.69) is 15.3 Å². The van der Waals surface area contributed by atoms with Crippen molar-refractivity contribution in [2.45, 2.75) is 6.54 Å². The van der Waals surface area contributed by atoms with E-state index in [1.54, 1.807) is 24.3 Å². The summed E-state index contributed by atoms with van der Waals surface area (Å²) < 4.78 is 18.8. The van der Waals surface area contributed by atoms with Crippen molar-refractivity contribution in [3.05, 3.63) is 53.5 Å². The lowest BCUT2D eigenvalue weighted by Crippen LogP contribution is -2.23. The van der Waals surface area contributed by atoms with Gasteiger partial charge in [0.1, 0.15) is 23.5 Å². The number of nitrogens with two attached hydrogens (primary N) is 1. The molecule has 1 heterocycles. The maximum atomic E-state index is 13.7. The van der Waals surface area contributed by atoms with Crippen LogP contribution in [0.3, 0.4) is 0 Å². The number of guanidine groups is 1. The Balaban J connectivity index is 2.08. The highest BCUT2D eigenvalue weighted by atomic mass is 19.1. The number of aliphatic imine (C=N–C) groups is 1. The molecule has 22 heavy (non-hydrogen) atoms. The minimum absolute atomic E-state index is 0.0327. The van der Waals surface area contributed by atoms with E-state index in [0.717, 1.165) is 0 Å². The molecule has 2 aromatic rings. The second-order valence-corrected chi connectivity index (χ2v) is 4.29.